The highest BCUT2D eigenvalue weighted by molar-refractivity contribution is 7.63. The zero-order chi connectivity index (χ0) is 11.8. The highest BCUT2D eigenvalue weighted by atomic mass is 32.2. The first kappa shape index (κ1) is 10.0. The summed E-state index contributed by atoms with van der Waals surface area (Å²) < 4.78 is 22.0. The lowest BCUT2D eigenvalue weighted by atomic mass is 10.1. The van der Waals surface area contributed by atoms with Crippen LogP contribution in [0.3, 0.4) is 0 Å². The highest BCUT2D eigenvalue weighted by Gasteiger charge is 2.01. The summed E-state index contributed by atoms with van der Waals surface area (Å²) in [6.07, 6.45) is 1.69. The molecule has 84 valence electrons. The standard InChI is InChI=1S/C12H8N2O2S/c15-17(16)10-6-5-9-4-3-8-2-1-7-13-11(8)12(9)14-10/h1-7,14H. The molecule has 0 radical (unpaired) electrons. The van der Waals surface area contributed by atoms with E-state index in [1.165, 1.54) is 0 Å². The van der Waals surface area contributed by atoms with Gasteiger partial charge in [0.25, 0.3) is 0 Å². The molecule has 0 aliphatic heterocycles. The maximum absolute atomic E-state index is 10.9. The molecule has 1 N–H and O–H groups in total. The SMILES string of the molecule is O=S(=O)=c1ccc2ccc3cccnc3c2[nH]1. The smallest absolute Gasteiger partial charge is 0.238 e. The van der Waals surface area contributed by atoms with E-state index in [-0.39, 0.29) is 4.64 Å². The van der Waals surface area contributed by atoms with Crippen molar-refractivity contribution in [3.8, 4) is 0 Å². The van der Waals surface area contributed by atoms with E-state index >= 15 is 0 Å². The van der Waals surface area contributed by atoms with Crippen molar-refractivity contribution in [1.82, 2.24) is 9.97 Å². The third-order valence-electron chi connectivity index (χ3n) is 2.65. The summed E-state index contributed by atoms with van der Waals surface area (Å²) in [6.45, 7) is 0. The number of hydrogen-bond acceptors (Lipinski definition) is 3. The molecule has 5 heteroatoms. The summed E-state index contributed by atoms with van der Waals surface area (Å²) in [4.78, 5) is 7.17. The summed E-state index contributed by atoms with van der Waals surface area (Å²) in [5.41, 5.74) is 1.52. The van der Waals surface area contributed by atoms with Crippen LogP contribution in [0.15, 0.2) is 42.6 Å². The number of nitrogens with one attached hydrogen (secondary N) is 1. The fourth-order valence-corrected chi connectivity index (χ4v) is 2.22. The maximum atomic E-state index is 10.9. The fraction of sp³-hybridized carbons (Fsp3) is 0. The third kappa shape index (κ3) is 1.60. The molecule has 1 aromatic carbocycles. The van der Waals surface area contributed by atoms with Crippen LogP contribution in [0.4, 0.5) is 0 Å². The van der Waals surface area contributed by atoms with Crippen LogP contribution < -0.4 is 0 Å². The van der Waals surface area contributed by atoms with Crippen LogP contribution in [0.2, 0.25) is 0 Å². The van der Waals surface area contributed by atoms with Gasteiger partial charge in [-0.1, -0.05) is 18.2 Å². The zero-order valence-electron chi connectivity index (χ0n) is 8.71. The van der Waals surface area contributed by atoms with Gasteiger partial charge >= 0.3 is 0 Å². The molecule has 0 fully saturated rings. The number of H-pyrrole nitrogens is 1. The van der Waals surface area contributed by atoms with E-state index in [4.69, 9.17) is 0 Å². The summed E-state index contributed by atoms with van der Waals surface area (Å²) in [5.74, 6) is 0. The van der Waals surface area contributed by atoms with Crippen LogP contribution in [-0.4, -0.2) is 18.4 Å². The van der Waals surface area contributed by atoms with Gasteiger partial charge in [-0.15, -0.1) is 0 Å². The van der Waals surface area contributed by atoms with Gasteiger partial charge in [-0.3, -0.25) is 4.98 Å². The molecule has 0 saturated heterocycles. The minimum Gasteiger partial charge on any atom is -0.341 e. The second kappa shape index (κ2) is 3.71. The van der Waals surface area contributed by atoms with Gasteiger partial charge in [-0.25, -0.2) is 0 Å². The Kier molecular flexibility index (Phi) is 2.19. The molecular weight excluding hydrogens is 236 g/mol. The van der Waals surface area contributed by atoms with Gasteiger partial charge in [0.2, 0.25) is 10.3 Å². The summed E-state index contributed by atoms with van der Waals surface area (Å²) in [7, 11) is -2.26. The van der Waals surface area contributed by atoms with Crippen molar-refractivity contribution in [3.63, 3.8) is 0 Å². The van der Waals surface area contributed by atoms with Crippen molar-refractivity contribution in [2.45, 2.75) is 0 Å². The van der Waals surface area contributed by atoms with Crippen LogP contribution >= 0.6 is 0 Å². The number of nitrogens with zero attached hydrogens (tertiary/aromatic N) is 1. The van der Waals surface area contributed by atoms with E-state index in [0.717, 1.165) is 21.8 Å². The highest BCUT2D eigenvalue weighted by Crippen LogP contribution is 2.20. The summed E-state index contributed by atoms with van der Waals surface area (Å²) >= 11 is 0. The second-order valence-corrected chi connectivity index (χ2v) is 4.57. The van der Waals surface area contributed by atoms with E-state index in [0.29, 0.717) is 0 Å². The van der Waals surface area contributed by atoms with Gasteiger partial charge in [-0.05, 0) is 18.2 Å². The van der Waals surface area contributed by atoms with Crippen LogP contribution in [0.25, 0.3) is 21.8 Å². The molecule has 0 unspecified atom stereocenters. The van der Waals surface area contributed by atoms with Crippen LogP contribution in [0, 0.1) is 4.64 Å². The number of benzene rings is 1. The predicted molar refractivity (Wildman–Crippen MR) is 65.8 cm³/mol. The Bertz CT molecular complexity index is 887. The normalized spacial score (nSPS) is 10.8. The third-order valence-corrected chi connectivity index (χ3v) is 3.25. The lowest BCUT2D eigenvalue weighted by molar-refractivity contribution is 0.624. The molecule has 0 aliphatic carbocycles. The molecule has 3 rings (SSSR count). The number of hydrogen-bond donors (Lipinski definition) is 1. The molecule has 3 aromatic rings. The van der Waals surface area contributed by atoms with Crippen molar-refractivity contribution in [2.75, 3.05) is 0 Å². The Morgan fingerprint density at radius 1 is 1.00 bits per heavy atom. The van der Waals surface area contributed by atoms with Crippen molar-refractivity contribution in [3.05, 3.63) is 47.2 Å². The molecule has 0 saturated carbocycles. The second-order valence-electron chi connectivity index (χ2n) is 3.66. The molecule has 0 bridgehead atoms. The van der Waals surface area contributed by atoms with E-state index in [2.05, 4.69) is 9.97 Å². The van der Waals surface area contributed by atoms with Crippen LogP contribution in [-0.2, 0) is 10.3 Å². The van der Waals surface area contributed by atoms with Gasteiger partial charge in [0, 0.05) is 17.0 Å². The van der Waals surface area contributed by atoms with Gasteiger partial charge in [0.1, 0.15) is 0 Å². The number of pyridine rings is 2. The first-order valence-corrected chi connectivity index (χ1v) is 6.12. The summed E-state index contributed by atoms with van der Waals surface area (Å²) in [5, 5.41) is 1.91. The minimum atomic E-state index is -2.26. The van der Waals surface area contributed by atoms with Gasteiger partial charge in [0.15, 0.2) is 4.64 Å². The van der Waals surface area contributed by atoms with Gasteiger partial charge in [-0.2, -0.15) is 8.42 Å². The Labute approximate surface area is 98.1 Å². The van der Waals surface area contributed by atoms with E-state index in [9.17, 15) is 8.42 Å². The van der Waals surface area contributed by atoms with Crippen LogP contribution in [0.1, 0.15) is 0 Å². The van der Waals surface area contributed by atoms with Crippen molar-refractivity contribution < 1.29 is 8.42 Å². The molecule has 0 amide bonds. The number of rotatable bonds is 0. The minimum absolute atomic E-state index is 0.163. The van der Waals surface area contributed by atoms with Crippen molar-refractivity contribution >= 4 is 32.1 Å². The average Bonchev–Trinajstić information content (AvgIpc) is 2.38. The maximum Gasteiger partial charge on any atom is 0.238 e. The number of fused-ring (bicyclic) bond motifs is 3. The van der Waals surface area contributed by atoms with Crippen molar-refractivity contribution in [1.29, 1.82) is 0 Å². The number of aromatic amines is 1. The Morgan fingerprint density at radius 2 is 1.76 bits per heavy atom. The molecule has 0 spiro atoms. The monoisotopic (exact) mass is 244 g/mol. The molecule has 0 atom stereocenters. The lowest BCUT2D eigenvalue weighted by Gasteiger charge is -2.01. The molecule has 4 nitrogen and oxygen atoms in total. The Balaban J connectivity index is 2.65. The van der Waals surface area contributed by atoms with Gasteiger partial charge < -0.3 is 4.98 Å². The number of aromatic nitrogens is 2. The van der Waals surface area contributed by atoms with Gasteiger partial charge in [0.05, 0.1) is 11.0 Å². The zero-order valence-corrected chi connectivity index (χ0v) is 9.53. The molecular formula is C12H8N2O2S. The van der Waals surface area contributed by atoms with Crippen LogP contribution in [0.5, 0.6) is 0 Å². The predicted octanol–water partition coefficient (Wildman–Crippen LogP) is 2.13. The summed E-state index contributed by atoms with van der Waals surface area (Å²) in [6, 6.07) is 11.0. The quantitative estimate of drug-likeness (QED) is 0.486. The molecule has 2 aromatic heterocycles. The lowest BCUT2D eigenvalue weighted by Crippen LogP contribution is -1.86. The molecule has 17 heavy (non-hydrogen) atoms. The molecule has 2 heterocycles. The van der Waals surface area contributed by atoms with E-state index in [1.807, 2.05) is 24.3 Å². The topological polar surface area (TPSA) is 62.8 Å². The Morgan fingerprint density at radius 3 is 2.59 bits per heavy atom. The molecule has 0 aliphatic rings. The first-order valence-electron chi connectivity index (χ1n) is 5.05. The Hall–Kier alpha value is -2.14. The van der Waals surface area contributed by atoms with E-state index in [1.54, 1.807) is 18.3 Å². The van der Waals surface area contributed by atoms with Crippen molar-refractivity contribution in [2.24, 2.45) is 0 Å². The first-order chi connectivity index (χ1) is 8.25. The average molecular weight is 244 g/mol. The largest absolute Gasteiger partial charge is 0.341 e. The fourth-order valence-electron chi connectivity index (χ4n) is 1.86. The van der Waals surface area contributed by atoms with E-state index < -0.39 is 10.3 Å².